The van der Waals surface area contributed by atoms with Crippen molar-refractivity contribution in [2.24, 2.45) is 5.73 Å². The molecule has 0 aliphatic carbocycles. The van der Waals surface area contributed by atoms with Gasteiger partial charge in [-0.25, -0.2) is 0 Å². The summed E-state index contributed by atoms with van der Waals surface area (Å²) in [5.74, 6) is 0.556. The topological polar surface area (TPSA) is 55.5 Å². The normalized spacial score (nSPS) is 12.2. The van der Waals surface area contributed by atoms with Gasteiger partial charge in [-0.15, -0.1) is 0 Å². The third-order valence-corrected chi connectivity index (χ3v) is 2.46. The monoisotopic (exact) mass is 259 g/mol. The highest BCUT2D eigenvalue weighted by atomic mass is 35.5. The van der Waals surface area contributed by atoms with E-state index in [9.17, 15) is 0 Å². The molecule has 3 nitrogen and oxygen atoms in total. The lowest BCUT2D eigenvalue weighted by Crippen LogP contribution is -2.13. The van der Waals surface area contributed by atoms with E-state index in [0.717, 1.165) is 0 Å². The minimum atomic E-state index is -0.396. The number of halogens is 1. The Bertz CT molecular complexity index is 382. The highest BCUT2D eigenvalue weighted by Gasteiger charge is 2.07. The molecule has 0 saturated carbocycles. The molecule has 0 saturated heterocycles. The van der Waals surface area contributed by atoms with E-state index >= 15 is 0 Å². The van der Waals surface area contributed by atoms with Gasteiger partial charge >= 0.3 is 0 Å². The molecular formula is C11H14ClNO2S. The van der Waals surface area contributed by atoms with Gasteiger partial charge in [0.25, 0.3) is 0 Å². The number of thiocarbonyl (C=S) groups is 1. The lowest BCUT2D eigenvalue weighted by atomic mass is 10.2. The summed E-state index contributed by atoms with van der Waals surface area (Å²) < 4.78 is 5.48. The molecule has 0 amide bonds. The lowest BCUT2D eigenvalue weighted by Gasteiger charge is -2.11. The van der Waals surface area contributed by atoms with Crippen LogP contribution in [0.2, 0.25) is 5.02 Å². The molecule has 0 fully saturated rings. The van der Waals surface area contributed by atoms with Gasteiger partial charge in [-0.1, -0.05) is 23.8 Å². The summed E-state index contributed by atoms with van der Waals surface area (Å²) in [7, 11) is 0. The molecule has 88 valence electrons. The summed E-state index contributed by atoms with van der Waals surface area (Å²) in [5, 5.41) is 9.67. The van der Waals surface area contributed by atoms with Crippen LogP contribution in [0.3, 0.4) is 0 Å². The Morgan fingerprint density at radius 3 is 2.88 bits per heavy atom. The maximum Gasteiger partial charge on any atom is 0.130 e. The summed E-state index contributed by atoms with van der Waals surface area (Å²) in [6, 6.07) is 5.10. The molecule has 1 aromatic carbocycles. The summed E-state index contributed by atoms with van der Waals surface area (Å²) in [5.41, 5.74) is 6.21. The third-order valence-electron chi connectivity index (χ3n) is 2.00. The predicted octanol–water partition coefficient (Wildman–Crippen LogP) is 2.12. The number of benzene rings is 1. The van der Waals surface area contributed by atoms with E-state index in [1.54, 1.807) is 25.1 Å². The Hall–Kier alpha value is -0.840. The van der Waals surface area contributed by atoms with Crippen LogP contribution in [0.25, 0.3) is 0 Å². The molecule has 16 heavy (non-hydrogen) atoms. The molecule has 0 aromatic heterocycles. The van der Waals surface area contributed by atoms with Crippen LogP contribution in [0.5, 0.6) is 5.75 Å². The number of ether oxygens (including phenoxy) is 1. The average molecular weight is 260 g/mol. The molecule has 5 heteroatoms. The zero-order chi connectivity index (χ0) is 12.1. The number of nitrogens with two attached hydrogens (primary N) is 1. The zero-order valence-electron chi connectivity index (χ0n) is 8.94. The fourth-order valence-electron chi connectivity index (χ4n) is 1.16. The molecule has 0 bridgehead atoms. The maximum absolute atomic E-state index is 9.11. The number of aliphatic hydroxyl groups excluding tert-OH is 1. The van der Waals surface area contributed by atoms with E-state index in [2.05, 4.69) is 0 Å². The SMILES string of the molecule is CC(O)CCOc1cc(Cl)ccc1C(N)=S. The summed E-state index contributed by atoms with van der Waals surface area (Å²) >= 11 is 10.7. The minimum Gasteiger partial charge on any atom is -0.493 e. The summed E-state index contributed by atoms with van der Waals surface area (Å²) in [6.07, 6.45) is 0.149. The standard InChI is InChI=1S/C11H14ClNO2S/c1-7(14)4-5-15-10-6-8(12)2-3-9(10)11(13)16/h2-3,6-7,14H,4-5H2,1H3,(H2,13,16). The van der Waals surface area contributed by atoms with Crippen LogP contribution in [0.1, 0.15) is 18.9 Å². The van der Waals surface area contributed by atoms with Gasteiger partial charge in [-0.2, -0.15) is 0 Å². The van der Waals surface area contributed by atoms with Crippen LogP contribution in [0, 0.1) is 0 Å². The van der Waals surface area contributed by atoms with Crippen LogP contribution >= 0.6 is 23.8 Å². The first-order chi connectivity index (χ1) is 7.50. The minimum absolute atomic E-state index is 0.267. The largest absolute Gasteiger partial charge is 0.493 e. The first-order valence-electron chi connectivity index (χ1n) is 4.91. The van der Waals surface area contributed by atoms with Crippen molar-refractivity contribution in [3.05, 3.63) is 28.8 Å². The van der Waals surface area contributed by atoms with E-state index in [4.69, 9.17) is 39.4 Å². The van der Waals surface area contributed by atoms with Gasteiger partial charge in [0.2, 0.25) is 0 Å². The fraction of sp³-hybridized carbons (Fsp3) is 0.364. The Balaban J connectivity index is 2.76. The molecule has 0 radical (unpaired) electrons. The highest BCUT2D eigenvalue weighted by Crippen LogP contribution is 2.23. The molecule has 0 spiro atoms. The Kier molecular flexibility index (Phi) is 4.99. The van der Waals surface area contributed by atoms with Crippen molar-refractivity contribution in [3.8, 4) is 5.75 Å². The van der Waals surface area contributed by atoms with Gasteiger partial charge in [0.05, 0.1) is 18.3 Å². The molecule has 0 aliphatic heterocycles. The van der Waals surface area contributed by atoms with Crippen molar-refractivity contribution in [1.82, 2.24) is 0 Å². The van der Waals surface area contributed by atoms with Crippen molar-refractivity contribution in [2.45, 2.75) is 19.4 Å². The van der Waals surface area contributed by atoms with E-state index in [0.29, 0.717) is 29.4 Å². The van der Waals surface area contributed by atoms with Gasteiger partial charge in [0.15, 0.2) is 0 Å². The van der Waals surface area contributed by atoms with Crippen molar-refractivity contribution >= 4 is 28.8 Å². The van der Waals surface area contributed by atoms with E-state index < -0.39 is 6.10 Å². The molecule has 0 heterocycles. The number of hydrogen-bond donors (Lipinski definition) is 2. The molecule has 1 rings (SSSR count). The Morgan fingerprint density at radius 1 is 1.62 bits per heavy atom. The molecule has 1 atom stereocenters. The smallest absolute Gasteiger partial charge is 0.130 e. The molecule has 0 aliphatic rings. The molecular weight excluding hydrogens is 246 g/mol. The highest BCUT2D eigenvalue weighted by molar-refractivity contribution is 7.80. The summed E-state index contributed by atoms with van der Waals surface area (Å²) in [4.78, 5) is 0.267. The van der Waals surface area contributed by atoms with Gasteiger partial charge in [-0.05, 0) is 25.1 Å². The van der Waals surface area contributed by atoms with Crippen LogP contribution < -0.4 is 10.5 Å². The quantitative estimate of drug-likeness (QED) is 0.796. The van der Waals surface area contributed by atoms with Crippen molar-refractivity contribution in [1.29, 1.82) is 0 Å². The molecule has 3 N–H and O–H groups in total. The Labute approximate surface area is 105 Å². The predicted molar refractivity (Wildman–Crippen MR) is 69.1 cm³/mol. The van der Waals surface area contributed by atoms with E-state index in [1.807, 2.05) is 0 Å². The van der Waals surface area contributed by atoms with Crippen LogP contribution in [0.15, 0.2) is 18.2 Å². The molecule has 1 aromatic rings. The van der Waals surface area contributed by atoms with Crippen LogP contribution in [-0.4, -0.2) is 22.8 Å². The van der Waals surface area contributed by atoms with Crippen LogP contribution in [0.4, 0.5) is 0 Å². The first kappa shape index (κ1) is 13.2. The van der Waals surface area contributed by atoms with E-state index in [-0.39, 0.29) is 4.99 Å². The van der Waals surface area contributed by atoms with Gasteiger partial charge in [0.1, 0.15) is 10.7 Å². The third kappa shape index (κ3) is 3.96. The summed E-state index contributed by atoms with van der Waals surface area (Å²) in [6.45, 7) is 2.10. The second kappa shape index (κ2) is 6.03. The Morgan fingerprint density at radius 2 is 2.31 bits per heavy atom. The second-order valence-electron chi connectivity index (χ2n) is 3.49. The van der Waals surface area contributed by atoms with Crippen molar-refractivity contribution in [2.75, 3.05) is 6.61 Å². The average Bonchev–Trinajstić information content (AvgIpc) is 2.16. The van der Waals surface area contributed by atoms with Gasteiger partial charge in [0, 0.05) is 11.4 Å². The van der Waals surface area contributed by atoms with Gasteiger partial charge < -0.3 is 15.6 Å². The number of aliphatic hydroxyl groups is 1. The van der Waals surface area contributed by atoms with E-state index in [1.165, 1.54) is 0 Å². The zero-order valence-corrected chi connectivity index (χ0v) is 10.5. The number of rotatable bonds is 5. The lowest BCUT2D eigenvalue weighted by molar-refractivity contribution is 0.155. The number of hydrogen-bond acceptors (Lipinski definition) is 3. The fourth-order valence-corrected chi connectivity index (χ4v) is 1.49. The molecule has 1 unspecified atom stereocenters. The maximum atomic E-state index is 9.11. The first-order valence-corrected chi connectivity index (χ1v) is 5.69. The van der Waals surface area contributed by atoms with Crippen molar-refractivity contribution in [3.63, 3.8) is 0 Å². The van der Waals surface area contributed by atoms with Crippen LogP contribution in [-0.2, 0) is 0 Å². The van der Waals surface area contributed by atoms with Crippen molar-refractivity contribution < 1.29 is 9.84 Å². The second-order valence-corrected chi connectivity index (χ2v) is 4.37. The van der Waals surface area contributed by atoms with Gasteiger partial charge in [-0.3, -0.25) is 0 Å².